The van der Waals surface area contributed by atoms with Crippen molar-refractivity contribution in [3.05, 3.63) is 0 Å². The third kappa shape index (κ3) is 24.3. The number of carboxylic acids is 2. The topological polar surface area (TPSA) is 204 Å². The largest absolute Gasteiger partial charge is 0.481 e. The van der Waals surface area contributed by atoms with Gasteiger partial charge < -0.3 is 39.8 Å². The lowest BCUT2D eigenvalue weighted by atomic mass is 9.82. The molecule has 0 aromatic rings. The van der Waals surface area contributed by atoms with Crippen molar-refractivity contribution < 1.29 is 57.9 Å². The van der Waals surface area contributed by atoms with Crippen LogP contribution in [0.25, 0.3) is 0 Å². The van der Waals surface area contributed by atoms with Crippen molar-refractivity contribution in [2.45, 2.75) is 92.5 Å². The number of nitrogens with one attached hydrogen (secondary N) is 2. The smallest absolute Gasteiger partial charge is 0.326 e. The van der Waals surface area contributed by atoms with Crippen molar-refractivity contribution in [2.75, 3.05) is 59.4 Å². The summed E-state index contributed by atoms with van der Waals surface area (Å²) in [6.07, 6.45) is 0.866. The second-order valence-electron chi connectivity index (χ2n) is 13.3. The highest BCUT2D eigenvalue weighted by Gasteiger charge is 2.27. The molecule has 0 bridgehead atoms. The van der Waals surface area contributed by atoms with Gasteiger partial charge in [0.05, 0.1) is 39.0 Å². The number of carbonyl (C=O) groups excluding carboxylic acids is 4. The number of hydrogen-bond acceptors (Lipinski definition) is 10. The Morgan fingerprint density at radius 3 is 1.80 bits per heavy atom. The number of amides is 2. The molecule has 0 radical (unpaired) electrons. The van der Waals surface area contributed by atoms with Gasteiger partial charge in [-0.15, -0.1) is 0 Å². The van der Waals surface area contributed by atoms with E-state index in [4.69, 9.17) is 18.9 Å². The van der Waals surface area contributed by atoms with Crippen molar-refractivity contribution in [3.63, 3.8) is 0 Å². The molecule has 2 unspecified atom stereocenters. The van der Waals surface area contributed by atoms with E-state index < -0.39 is 35.2 Å². The van der Waals surface area contributed by atoms with E-state index in [9.17, 15) is 39.0 Å². The number of ether oxygens (including phenoxy) is 4. The van der Waals surface area contributed by atoms with Crippen LogP contribution in [-0.2, 0) is 47.7 Å². The summed E-state index contributed by atoms with van der Waals surface area (Å²) >= 11 is 0. The van der Waals surface area contributed by atoms with Crippen molar-refractivity contribution in [3.8, 4) is 0 Å². The lowest BCUT2D eigenvalue weighted by Crippen LogP contribution is -2.41. The third-order valence-corrected chi connectivity index (χ3v) is 6.63. The molecule has 0 aromatic heterocycles. The lowest BCUT2D eigenvalue weighted by Gasteiger charge is -2.23. The predicted octanol–water partition coefficient (Wildman–Crippen LogP) is 2.40. The molecule has 2 amide bonds. The van der Waals surface area contributed by atoms with Gasteiger partial charge in [0.25, 0.3) is 0 Å². The van der Waals surface area contributed by atoms with E-state index in [1.54, 1.807) is 0 Å². The summed E-state index contributed by atoms with van der Waals surface area (Å²) in [5.41, 5.74) is -0.668. The van der Waals surface area contributed by atoms with Gasteiger partial charge in [-0.1, -0.05) is 41.5 Å². The first-order chi connectivity index (χ1) is 21.4. The molecular weight excluding hydrogens is 604 g/mol. The van der Waals surface area contributed by atoms with Crippen molar-refractivity contribution in [1.29, 1.82) is 0 Å². The second kappa shape index (κ2) is 23.4. The van der Waals surface area contributed by atoms with E-state index in [2.05, 4.69) is 10.6 Å². The van der Waals surface area contributed by atoms with Crippen molar-refractivity contribution in [2.24, 2.45) is 16.7 Å². The van der Waals surface area contributed by atoms with Crippen LogP contribution >= 0.6 is 0 Å². The lowest BCUT2D eigenvalue weighted by molar-refractivity contribution is -0.144. The normalized spacial score (nSPS) is 13.1. The number of carbonyl (C=O) groups is 6. The van der Waals surface area contributed by atoms with Crippen LogP contribution in [0.5, 0.6) is 0 Å². The van der Waals surface area contributed by atoms with Crippen LogP contribution in [0.1, 0.15) is 86.5 Å². The molecule has 0 aliphatic rings. The van der Waals surface area contributed by atoms with Gasteiger partial charge in [0.2, 0.25) is 11.8 Å². The summed E-state index contributed by atoms with van der Waals surface area (Å²) in [5.74, 6) is -3.98. The van der Waals surface area contributed by atoms with Crippen LogP contribution in [0.3, 0.4) is 0 Å². The van der Waals surface area contributed by atoms with Crippen LogP contribution in [-0.4, -0.2) is 111 Å². The third-order valence-electron chi connectivity index (χ3n) is 6.63. The fourth-order valence-electron chi connectivity index (χ4n) is 3.98. The molecule has 14 nitrogen and oxygen atoms in total. The number of hydrogen-bond donors (Lipinski definition) is 4. The number of Topliss-reactive ketones (excluding diaryl/α,β-unsaturated/α-hetero) is 2. The average Bonchev–Trinajstić information content (AvgIpc) is 2.94. The number of aliphatic carboxylic acids is 2. The van der Waals surface area contributed by atoms with Gasteiger partial charge in [-0.2, -0.15) is 0 Å². The Kier molecular flexibility index (Phi) is 21.9. The van der Waals surface area contributed by atoms with E-state index in [1.165, 1.54) is 0 Å². The minimum Gasteiger partial charge on any atom is -0.481 e. The Morgan fingerprint density at radius 2 is 1.24 bits per heavy atom. The van der Waals surface area contributed by atoms with Gasteiger partial charge in [0.1, 0.15) is 25.0 Å². The maximum Gasteiger partial charge on any atom is 0.326 e. The Labute approximate surface area is 272 Å². The molecule has 0 fully saturated rings. The fraction of sp³-hybridized carbons (Fsp3) is 0.812. The van der Waals surface area contributed by atoms with Crippen LogP contribution in [0.15, 0.2) is 0 Å². The molecule has 0 heterocycles. The molecule has 0 spiro atoms. The van der Waals surface area contributed by atoms with Crippen molar-refractivity contribution in [1.82, 2.24) is 10.6 Å². The monoisotopic (exact) mass is 660 g/mol. The maximum absolute atomic E-state index is 12.3. The number of ketones is 2. The van der Waals surface area contributed by atoms with E-state index in [1.807, 2.05) is 41.5 Å². The summed E-state index contributed by atoms with van der Waals surface area (Å²) < 4.78 is 21.3. The quantitative estimate of drug-likeness (QED) is 0.0938. The molecule has 46 heavy (non-hydrogen) atoms. The summed E-state index contributed by atoms with van der Waals surface area (Å²) in [5, 5.41) is 23.9. The molecule has 4 N–H and O–H groups in total. The van der Waals surface area contributed by atoms with E-state index >= 15 is 0 Å². The van der Waals surface area contributed by atoms with Gasteiger partial charge in [-0.25, -0.2) is 4.79 Å². The minimum absolute atomic E-state index is 0.0166. The van der Waals surface area contributed by atoms with Crippen LogP contribution < -0.4 is 10.6 Å². The number of carboxylic acid groups (broad SMARTS) is 2. The summed E-state index contributed by atoms with van der Waals surface area (Å²) in [7, 11) is 0. The van der Waals surface area contributed by atoms with Gasteiger partial charge >= 0.3 is 11.9 Å². The van der Waals surface area contributed by atoms with Crippen LogP contribution in [0, 0.1) is 16.7 Å². The van der Waals surface area contributed by atoms with Crippen LogP contribution in [0.2, 0.25) is 0 Å². The van der Waals surface area contributed by atoms with Gasteiger partial charge in [0, 0.05) is 37.8 Å². The molecule has 266 valence electrons. The summed E-state index contributed by atoms with van der Waals surface area (Å²) in [4.78, 5) is 71.0. The molecule has 0 saturated carbocycles. The summed E-state index contributed by atoms with van der Waals surface area (Å²) in [6, 6.07) is -1.24. The Hall–Kier alpha value is -2.94. The highest BCUT2D eigenvalue weighted by Crippen LogP contribution is 2.27. The SMILES string of the molecule is CC(C)(C)CC(CCC(=O)NC(CCC(=O)CCCOCCOCC(=O)NCCOCCOCC(=O)C(C)(C)C)C(=O)O)C(=O)O. The zero-order chi connectivity index (χ0) is 35.2. The minimum atomic E-state index is -1.26. The molecule has 14 heteroatoms. The fourth-order valence-corrected chi connectivity index (χ4v) is 3.98. The molecule has 0 aliphatic heterocycles. The molecule has 0 saturated heterocycles. The average molecular weight is 661 g/mol. The van der Waals surface area contributed by atoms with E-state index in [0.29, 0.717) is 32.6 Å². The van der Waals surface area contributed by atoms with Gasteiger partial charge in [-0.05, 0) is 31.1 Å². The van der Waals surface area contributed by atoms with Crippen LogP contribution in [0.4, 0.5) is 0 Å². The number of rotatable bonds is 27. The Bertz CT molecular complexity index is 956. The highest BCUT2D eigenvalue weighted by atomic mass is 16.5. The van der Waals surface area contributed by atoms with E-state index in [0.717, 1.165) is 0 Å². The Morgan fingerprint density at radius 1 is 0.652 bits per heavy atom. The zero-order valence-corrected chi connectivity index (χ0v) is 28.4. The maximum atomic E-state index is 12.3. The molecule has 0 aromatic carbocycles. The Balaban J connectivity index is 3.91. The highest BCUT2D eigenvalue weighted by molar-refractivity contribution is 5.85. The molecule has 0 rings (SSSR count). The molecular formula is C32H56N2O12. The first-order valence-electron chi connectivity index (χ1n) is 15.8. The van der Waals surface area contributed by atoms with E-state index in [-0.39, 0.29) is 94.6 Å². The second-order valence-corrected chi connectivity index (χ2v) is 13.3. The van der Waals surface area contributed by atoms with Gasteiger partial charge in [0.15, 0.2) is 5.78 Å². The molecule has 0 aliphatic carbocycles. The molecule has 2 atom stereocenters. The summed E-state index contributed by atoms with van der Waals surface area (Å²) in [6.45, 7) is 13.0. The zero-order valence-electron chi connectivity index (χ0n) is 28.4. The standard InChI is InChI=1S/C32H56N2O12/c1-31(2,3)20-23(29(39)40)9-12-27(37)34-25(30(41)42)11-10-24(35)8-7-14-43-16-19-46-22-28(38)33-13-15-44-17-18-45-21-26(36)32(4,5)6/h23,25H,7-22H2,1-6H3,(H,33,38)(H,34,37)(H,39,40)(H,41,42). The van der Waals surface area contributed by atoms with Gasteiger partial charge in [-0.3, -0.25) is 24.0 Å². The first kappa shape index (κ1) is 43.1. The predicted molar refractivity (Wildman–Crippen MR) is 168 cm³/mol. The van der Waals surface area contributed by atoms with Crippen molar-refractivity contribution >= 4 is 35.3 Å². The first-order valence-corrected chi connectivity index (χ1v) is 15.8.